The Morgan fingerprint density at radius 1 is 1.00 bits per heavy atom. The number of carboxylic acid groups (broad SMARTS) is 1. The van der Waals surface area contributed by atoms with E-state index in [1.807, 2.05) is 36.4 Å². The monoisotopic (exact) mass is 256 g/mol. The van der Waals surface area contributed by atoms with Gasteiger partial charge in [-0.3, -0.25) is 0 Å². The summed E-state index contributed by atoms with van der Waals surface area (Å²) in [5.41, 5.74) is 2.31. The molecule has 0 fully saturated rings. The van der Waals surface area contributed by atoms with Gasteiger partial charge >= 0.3 is 5.97 Å². The van der Waals surface area contributed by atoms with Gasteiger partial charge in [-0.2, -0.15) is 0 Å². The molecular weight excluding hydrogens is 240 g/mol. The Bertz CT molecular complexity index is 576. The molecule has 98 valence electrons. The molecule has 0 heterocycles. The fourth-order valence-corrected chi connectivity index (χ4v) is 2.13. The van der Waals surface area contributed by atoms with E-state index in [-0.39, 0.29) is 0 Å². The molecule has 0 radical (unpaired) electrons. The highest BCUT2D eigenvalue weighted by Crippen LogP contribution is 2.20. The van der Waals surface area contributed by atoms with Gasteiger partial charge in [0.05, 0.1) is 12.7 Å². The van der Waals surface area contributed by atoms with Gasteiger partial charge < -0.3 is 9.84 Å². The van der Waals surface area contributed by atoms with E-state index >= 15 is 0 Å². The van der Waals surface area contributed by atoms with Crippen LogP contribution in [0.2, 0.25) is 0 Å². The van der Waals surface area contributed by atoms with Gasteiger partial charge in [-0.1, -0.05) is 36.4 Å². The molecule has 0 unspecified atom stereocenters. The second kappa shape index (κ2) is 6.05. The molecule has 0 aromatic heterocycles. The van der Waals surface area contributed by atoms with Crippen molar-refractivity contribution in [2.75, 3.05) is 7.11 Å². The molecule has 0 aliphatic heterocycles. The molecule has 0 spiro atoms. The molecule has 0 saturated carbocycles. The Morgan fingerprint density at radius 2 is 1.58 bits per heavy atom. The number of carboxylic acids is 1. The van der Waals surface area contributed by atoms with Crippen molar-refractivity contribution in [3.8, 4) is 5.75 Å². The molecule has 0 bridgehead atoms. The van der Waals surface area contributed by atoms with Gasteiger partial charge in [0.25, 0.3) is 0 Å². The number of aromatic carboxylic acids is 1. The minimum absolute atomic E-state index is 0.373. The van der Waals surface area contributed by atoms with Crippen molar-refractivity contribution in [1.29, 1.82) is 0 Å². The molecule has 2 aromatic rings. The van der Waals surface area contributed by atoms with Crippen LogP contribution in [0.4, 0.5) is 0 Å². The summed E-state index contributed by atoms with van der Waals surface area (Å²) in [4.78, 5) is 11.1. The zero-order chi connectivity index (χ0) is 13.7. The Morgan fingerprint density at radius 3 is 2.26 bits per heavy atom. The standard InChI is InChI=1S/C16H16O3/c1-19-15-9-5-3-7-13(15)11-10-12-6-2-4-8-14(12)16(17)18/h2-9H,10-11H2,1H3,(H,17,18). The summed E-state index contributed by atoms with van der Waals surface area (Å²) in [5.74, 6) is -0.0362. The molecule has 3 heteroatoms. The van der Waals surface area contributed by atoms with Crippen LogP contribution in [0.3, 0.4) is 0 Å². The van der Waals surface area contributed by atoms with Crippen LogP contribution in [0.1, 0.15) is 21.5 Å². The molecule has 0 aliphatic carbocycles. The van der Waals surface area contributed by atoms with Crippen molar-refractivity contribution in [2.45, 2.75) is 12.8 Å². The van der Waals surface area contributed by atoms with Crippen molar-refractivity contribution in [1.82, 2.24) is 0 Å². The largest absolute Gasteiger partial charge is 0.496 e. The molecule has 19 heavy (non-hydrogen) atoms. The highest BCUT2D eigenvalue weighted by molar-refractivity contribution is 5.89. The summed E-state index contributed by atoms with van der Waals surface area (Å²) >= 11 is 0. The van der Waals surface area contributed by atoms with E-state index in [1.54, 1.807) is 19.2 Å². The second-order valence-corrected chi connectivity index (χ2v) is 4.27. The fraction of sp³-hybridized carbons (Fsp3) is 0.188. The minimum atomic E-state index is -0.879. The summed E-state index contributed by atoms with van der Waals surface area (Å²) in [6.07, 6.45) is 1.44. The van der Waals surface area contributed by atoms with Gasteiger partial charge in [0.1, 0.15) is 5.75 Å². The smallest absolute Gasteiger partial charge is 0.335 e. The number of carbonyl (C=O) groups is 1. The second-order valence-electron chi connectivity index (χ2n) is 4.27. The number of para-hydroxylation sites is 1. The van der Waals surface area contributed by atoms with Crippen LogP contribution in [0.5, 0.6) is 5.75 Å². The highest BCUT2D eigenvalue weighted by Gasteiger charge is 2.09. The lowest BCUT2D eigenvalue weighted by molar-refractivity contribution is 0.0695. The zero-order valence-corrected chi connectivity index (χ0v) is 10.8. The first-order valence-electron chi connectivity index (χ1n) is 6.15. The van der Waals surface area contributed by atoms with E-state index in [1.165, 1.54) is 0 Å². The van der Waals surface area contributed by atoms with Crippen LogP contribution >= 0.6 is 0 Å². The summed E-state index contributed by atoms with van der Waals surface area (Å²) < 4.78 is 5.30. The maximum Gasteiger partial charge on any atom is 0.335 e. The third-order valence-electron chi connectivity index (χ3n) is 3.10. The third kappa shape index (κ3) is 3.13. The molecule has 0 atom stereocenters. The summed E-state index contributed by atoms with van der Waals surface area (Å²) in [6, 6.07) is 14.9. The van der Waals surface area contributed by atoms with Gasteiger partial charge in [-0.05, 0) is 36.1 Å². The van der Waals surface area contributed by atoms with E-state index in [2.05, 4.69) is 0 Å². The van der Waals surface area contributed by atoms with E-state index in [0.29, 0.717) is 12.0 Å². The van der Waals surface area contributed by atoms with Crippen molar-refractivity contribution in [2.24, 2.45) is 0 Å². The number of hydrogen-bond acceptors (Lipinski definition) is 2. The van der Waals surface area contributed by atoms with Gasteiger partial charge in [-0.25, -0.2) is 4.79 Å². The normalized spacial score (nSPS) is 10.2. The van der Waals surface area contributed by atoms with Crippen LogP contribution in [-0.4, -0.2) is 18.2 Å². The van der Waals surface area contributed by atoms with E-state index in [0.717, 1.165) is 23.3 Å². The summed E-state index contributed by atoms with van der Waals surface area (Å²) in [5, 5.41) is 9.14. The Balaban J connectivity index is 2.17. The zero-order valence-electron chi connectivity index (χ0n) is 10.8. The van der Waals surface area contributed by atoms with Gasteiger partial charge in [-0.15, -0.1) is 0 Å². The first-order chi connectivity index (χ1) is 9.22. The van der Waals surface area contributed by atoms with Crippen molar-refractivity contribution < 1.29 is 14.6 Å². The van der Waals surface area contributed by atoms with Crippen molar-refractivity contribution in [3.63, 3.8) is 0 Å². The maximum atomic E-state index is 11.1. The van der Waals surface area contributed by atoms with E-state index in [9.17, 15) is 4.79 Å². The number of hydrogen-bond donors (Lipinski definition) is 1. The van der Waals surface area contributed by atoms with Gasteiger partial charge in [0.2, 0.25) is 0 Å². The van der Waals surface area contributed by atoms with E-state index in [4.69, 9.17) is 9.84 Å². The highest BCUT2D eigenvalue weighted by atomic mass is 16.5. The van der Waals surface area contributed by atoms with Crippen LogP contribution in [0.15, 0.2) is 48.5 Å². The third-order valence-corrected chi connectivity index (χ3v) is 3.10. The Kier molecular flexibility index (Phi) is 4.18. The molecule has 0 amide bonds. The fourth-order valence-electron chi connectivity index (χ4n) is 2.13. The molecule has 0 saturated heterocycles. The lowest BCUT2D eigenvalue weighted by atomic mass is 9.99. The number of rotatable bonds is 5. The molecular formula is C16H16O3. The predicted octanol–water partition coefficient (Wildman–Crippen LogP) is 3.18. The lowest BCUT2D eigenvalue weighted by Crippen LogP contribution is -2.04. The van der Waals surface area contributed by atoms with Gasteiger partial charge in [0.15, 0.2) is 0 Å². The van der Waals surface area contributed by atoms with E-state index < -0.39 is 5.97 Å². The first-order valence-corrected chi connectivity index (χ1v) is 6.15. The SMILES string of the molecule is COc1ccccc1CCc1ccccc1C(=O)O. The lowest BCUT2D eigenvalue weighted by Gasteiger charge is -2.09. The number of benzene rings is 2. The minimum Gasteiger partial charge on any atom is -0.496 e. The van der Waals surface area contributed by atoms with Gasteiger partial charge in [0, 0.05) is 0 Å². The number of aryl methyl sites for hydroxylation is 2. The predicted molar refractivity (Wildman–Crippen MR) is 73.8 cm³/mol. The topological polar surface area (TPSA) is 46.5 Å². The Hall–Kier alpha value is -2.29. The Labute approximate surface area is 112 Å². The molecule has 0 aliphatic rings. The van der Waals surface area contributed by atoms with Crippen LogP contribution < -0.4 is 4.74 Å². The molecule has 2 aromatic carbocycles. The first kappa shape index (κ1) is 13.1. The van der Waals surface area contributed by atoms with Crippen molar-refractivity contribution >= 4 is 5.97 Å². The van der Waals surface area contributed by atoms with Crippen LogP contribution in [-0.2, 0) is 12.8 Å². The maximum absolute atomic E-state index is 11.1. The molecule has 1 N–H and O–H groups in total. The molecule has 3 nitrogen and oxygen atoms in total. The number of ether oxygens (including phenoxy) is 1. The van der Waals surface area contributed by atoms with Crippen LogP contribution in [0, 0.1) is 0 Å². The van der Waals surface area contributed by atoms with Crippen molar-refractivity contribution in [3.05, 3.63) is 65.2 Å². The van der Waals surface area contributed by atoms with Crippen LogP contribution in [0.25, 0.3) is 0 Å². The average molecular weight is 256 g/mol. The summed E-state index contributed by atoms with van der Waals surface area (Å²) in [7, 11) is 1.64. The quantitative estimate of drug-likeness (QED) is 0.893. The average Bonchev–Trinajstić information content (AvgIpc) is 2.45. The summed E-state index contributed by atoms with van der Waals surface area (Å²) in [6.45, 7) is 0. The number of methoxy groups -OCH3 is 1. The molecule has 2 rings (SSSR count).